The Labute approximate surface area is 78.0 Å². The Bertz CT molecular complexity index is 353. The van der Waals surface area contributed by atoms with E-state index >= 15 is 0 Å². The molecule has 0 atom stereocenters. The summed E-state index contributed by atoms with van der Waals surface area (Å²) in [7, 11) is 0. The zero-order valence-corrected chi connectivity index (χ0v) is 7.91. The summed E-state index contributed by atoms with van der Waals surface area (Å²) in [5.74, 6) is 0.492. The Balaban J connectivity index is 3.33. The second-order valence-corrected chi connectivity index (χ2v) is 2.80. The van der Waals surface area contributed by atoms with E-state index in [1.54, 1.807) is 0 Å². The van der Waals surface area contributed by atoms with Gasteiger partial charge in [0, 0.05) is 5.56 Å². The minimum atomic E-state index is 0.492. The van der Waals surface area contributed by atoms with Gasteiger partial charge in [0.05, 0.1) is 5.69 Å². The van der Waals surface area contributed by atoms with Crippen molar-refractivity contribution in [3.8, 4) is 0 Å². The standard InChI is InChI=1S/C10H13N3/c1-4-5-8-9(7(2)3)12-6-13-10(8)11/h4-6H,2H2,1,3H3,(H2,11,12,13). The van der Waals surface area contributed by atoms with E-state index in [9.17, 15) is 0 Å². The highest BCUT2D eigenvalue weighted by Gasteiger charge is 2.05. The van der Waals surface area contributed by atoms with Crippen molar-refractivity contribution in [3.05, 3.63) is 30.2 Å². The average Bonchev–Trinajstić information content (AvgIpc) is 2.08. The van der Waals surface area contributed by atoms with Crippen LogP contribution in [0.4, 0.5) is 5.82 Å². The van der Waals surface area contributed by atoms with Gasteiger partial charge in [-0.3, -0.25) is 0 Å². The van der Waals surface area contributed by atoms with E-state index in [0.717, 1.165) is 16.8 Å². The van der Waals surface area contributed by atoms with Crippen molar-refractivity contribution in [1.29, 1.82) is 0 Å². The highest BCUT2D eigenvalue weighted by atomic mass is 14.9. The molecule has 0 bridgehead atoms. The third kappa shape index (κ3) is 1.93. The van der Waals surface area contributed by atoms with Crippen molar-refractivity contribution in [3.63, 3.8) is 0 Å². The predicted octanol–water partition coefficient (Wildman–Crippen LogP) is 2.12. The summed E-state index contributed by atoms with van der Waals surface area (Å²) in [5, 5.41) is 0. The van der Waals surface area contributed by atoms with Crippen molar-refractivity contribution in [2.45, 2.75) is 13.8 Å². The van der Waals surface area contributed by atoms with Crippen LogP contribution in [0.15, 0.2) is 19.0 Å². The molecule has 0 spiro atoms. The molecular formula is C10H13N3. The third-order valence-electron chi connectivity index (χ3n) is 1.65. The molecule has 3 heteroatoms. The van der Waals surface area contributed by atoms with Gasteiger partial charge < -0.3 is 5.73 Å². The van der Waals surface area contributed by atoms with Gasteiger partial charge in [0.1, 0.15) is 12.1 Å². The number of hydrogen-bond acceptors (Lipinski definition) is 3. The fraction of sp³-hybridized carbons (Fsp3) is 0.200. The van der Waals surface area contributed by atoms with Gasteiger partial charge in [0.2, 0.25) is 0 Å². The lowest BCUT2D eigenvalue weighted by Crippen LogP contribution is -1.99. The molecule has 1 rings (SSSR count). The largest absolute Gasteiger partial charge is 0.383 e. The van der Waals surface area contributed by atoms with Crippen LogP contribution in [0.5, 0.6) is 0 Å². The summed E-state index contributed by atoms with van der Waals surface area (Å²) < 4.78 is 0. The van der Waals surface area contributed by atoms with Gasteiger partial charge in [-0.2, -0.15) is 0 Å². The summed E-state index contributed by atoms with van der Waals surface area (Å²) in [4.78, 5) is 8.03. The first kappa shape index (κ1) is 9.45. The minimum absolute atomic E-state index is 0.492. The van der Waals surface area contributed by atoms with E-state index in [-0.39, 0.29) is 0 Å². The lowest BCUT2D eigenvalue weighted by atomic mass is 10.1. The van der Waals surface area contributed by atoms with Crippen molar-refractivity contribution >= 4 is 17.5 Å². The first-order chi connectivity index (χ1) is 6.16. The van der Waals surface area contributed by atoms with Crippen LogP contribution in [-0.4, -0.2) is 9.97 Å². The fourth-order valence-corrected chi connectivity index (χ4v) is 1.08. The van der Waals surface area contributed by atoms with Crippen LogP contribution >= 0.6 is 0 Å². The molecule has 1 aromatic heterocycles. The molecule has 0 aromatic carbocycles. The van der Waals surface area contributed by atoms with Crippen molar-refractivity contribution in [2.24, 2.45) is 0 Å². The smallest absolute Gasteiger partial charge is 0.134 e. The minimum Gasteiger partial charge on any atom is -0.383 e. The molecule has 0 fully saturated rings. The predicted molar refractivity (Wildman–Crippen MR) is 55.9 cm³/mol. The van der Waals surface area contributed by atoms with Crippen LogP contribution in [0.3, 0.4) is 0 Å². The molecule has 0 saturated heterocycles. The van der Waals surface area contributed by atoms with Crippen molar-refractivity contribution in [2.75, 3.05) is 5.73 Å². The zero-order chi connectivity index (χ0) is 9.84. The number of rotatable bonds is 2. The van der Waals surface area contributed by atoms with Gasteiger partial charge in [-0.1, -0.05) is 18.7 Å². The van der Waals surface area contributed by atoms with Crippen molar-refractivity contribution < 1.29 is 0 Å². The van der Waals surface area contributed by atoms with E-state index in [0.29, 0.717) is 5.82 Å². The number of nitrogen functional groups attached to an aromatic ring is 1. The highest BCUT2D eigenvalue weighted by molar-refractivity contribution is 5.74. The molecule has 0 aliphatic carbocycles. The van der Waals surface area contributed by atoms with Gasteiger partial charge in [0.25, 0.3) is 0 Å². The van der Waals surface area contributed by atoms with Crippen LogP contribution in [0.1, 0.15) is 25.1 Å². The number of nitrogens with zero attached hydrogens (tertiary/aromatic N) is 2. The maximum atomic E-state index is 5.70. The third-order valence-corrected chi connectivity index (χ3v) is 1.65. The quantitative estimate of drug-likeness (QED) is 0.749. The van der Waals surface area contributed by atoms with Gasteiger partial charge in [-0.05, 0) is 19.4 Å². The summed E-state index contributed by atoms with van der Waals surface area (Å²) in [6, 6.07) is 0. The monoisotopic (exact) mass is 175 g/mol. The Morgan fingerprint density at radius 2 is 2.23 bits per heavy atom. The molecule has 0 saturated carbocycles. The molecule has 13 heavy (non-hydrogen) atoms. The first-order valence-electron chi connectivity index (χ1n) is 4.06. The second kappa shape index (κ2) is 3.85. The molecule has 0 radical (unpaired) electrons. The number of nitrogens with two attached hydrogens (primary N) is 1. The molecular weight excluding hydrogens is 162 g/mol. The number of hydrogen-bond donors (Lipinski definition) is 1. The maximum Gasteiger partial charge on any atom is 0.134 e. The average molecular weight is 175 g/mol. The number of aromatic nitrogens is 2. The van der Waals surface area contributed by atoms with E-state index in [4.69, 9.17) is 5.73 Å². The van der Waals surface area contributed by atoms with Crippen LogP contribution in [-0.2, 0) is 0 Å². The highest BCUT2D eigenvalue weighted by Crippen LogP contribution is 2.19. The molecule has 0 aliphatic heterocycles. The van der Waals surface area contributed by atoms with E-state index < -0.39 is 0 Å². The Kier molecular flexibility index (Phi) is 2.80. The summed E-state index contributed by atoms with van der Waals surface area (Å²) >= 11 is 0. The lowest BCUT2D eigenvalue weighted by molar-refractivity contribution is 1.14. The Morgan fingerprint density at radius 3 is 2.77 bits per heavy atom. The van der Waals surface area contributed by atoms with Crippen LogP contribution in [0, 0.1) is 0 Å². The summed E-state index contributed by atoms with van der Waals surface area (Å²) in [5.41, 5.74) is 8.25. The number of allylic oxidation sites excluding steroid dienone is 2. The van der Waals surface area contributed by atoms with Crippen LogP contribution in [0.2, 0.25) is 0 Å². The van der Waals surface area contributed by atoms with Gasteiger partial charge in [-0.25, -0.2) is 9.97 Å². The summed E-state index contributed by atoms with van der Waals surface area (Å²) in [6.45, 7) is 7.65. The molecule has 0 unspecified atom stereocenters. The van der Waals surface area contributed by atoms with E-state index in [1.165, 1.54) is 6.33 Å². The molecule has 68 valence electrons. The molecule has 1 heterocycles. The lowest BCUT2D eigenvalue weighted by Gasteiger charge is -2.05. The van der Waals surface area contributed by atoms with E-state index in [1.807, 2.05) is 26.0 Å². The topological polar surface area (TPSA) is 51.8 Å². The molecule has 3 nitrogen and oxygen atoms in total. The molecule has 1 aromatic rings. The SMILES string of the molecule is C=C(C)c1ncnc(N)c1C=CC. The van der Waals surface area contributed by atoms with Crippen LogP contribution < -0.4 is 5.73 Å². The molecule has 2 N–H and O–H groups in total. The summed E-state index contributed by atoms with van der Waals surface area (Å²) in [6.07, 6.45) is 5.24. The van der Waals surface area contributed by atoms with Gasteiger partial charge >= 0.3 is 0 Å². The van der Waals surface area contributed by atoms with Gasteiger partial charge in [0.15, 0.2) is 0 Å². The van der Waals surface area contributed by atoms with Crippen molar-refractivity contribution in [1.82, 2.24) is 9.97 Å². The molecule has 0 aliphatic rings. The normalized spacial score (nSPS) is 10.6. The maximum absolute atomic E-state index is 5.70. The zero-order valence-electron chi connectivity index (χ0n) is 7.91. The molecule has 0 amide bonds. The van der Waals surface area contributed by atoms with Crippen LogP contribution in [0.25, 0.3) is 11.6 Å². The fourth-order valence-electron chi connectivity index (χ4n) is 1.08. The Morgan fingerprint density at radius 1 is 1.54 bits per heavy atom. The Hall–Kier alpha value is -1.64. The second-order valence-electron chi connectivity index (χ2n) is 2.80. The first-order valence-corrected chi connectivity index (χ1v) is 4.06. The van der Waals surface area contributed by atoms with E-state index in [2.05, 4.69) is 16.5 Å². The van der Waals surface area contributed by atoms with Gasteiger partial charge in [-0.15, -0.1) is 0 Å². The number of anilines is 1.